The van der Waals surface area contributed by atoms with Crippen molar-refractivity contribution in [1.82, 2.24) is 15.2 Å². The molecule has 0 aliphatic rings. The van der Waals surface area contributed by atoms with Crippen molar-refractivity contribution in [1.29, 1.82) is 0 Å². The van der Waals surface area contributed by atoms with Crippen LogP contribution in [0.4, 0.5) is 5.13 Å². The Labute approximate surface area is 137 Å². The molecule has 0 radical (unpaired) electrons. The molecule has 110 valence electrons. The largest absolute Gasteiger partial charge is 0.296 e. The van der Waals surface area contributed by atoms with E-state index in [1.165, 1.54) is 23.5 Å². The minimum Gasteiger partial charge on any atom is -0.296 e. The molecule has 22 heavy (non-hydrogen) atoms. The predicted octanol–water partition coefficient (Wildman–Crippen LogP) is 2.91. The summed E-state index contributed by atoms with van der Waals surface area (Å²) in [5.41, 5.74) is 1.49. The number of nitrogens with zero attached hydrogens (tertiary/aromatic N) is 2. The number of rotatable bonds is 3. The third-order valence-corrected chi connectivity index (χ3v) is 4.01. The summed E-state index contributed by atoms with van der Waals surface area (Å²) < 4.78 is 0.959. The topological polar surface area (TPSA) is 87.7 Å². The van der Waals surface area contributed by atoms with Crippen molar-refractivity contribution in [3.8, 4) is 11.3 Å². The van der Waals surface area contributed by atoms with Crippen molar-refractivity contribution in [2.24, 2.45) is 0 Å². The summed E-state index contributed by atoms with van der Waals surface area (Å²) in [6.07, 6.45) is 0. The highest BCUT2D eigenvalue weighted by molar-refractivity contribution is 9.10. The fraction of sp³-hybridized carbons (Fsp3) is 0. The van der Waals surface area contributed by atoms with E-state index in [1.54, 1.807) is 0 Å². The van der Waals surface area contributed by atoms with Crippen molar-refractivity contribution < 1.29 is 4.79 Å². The SMILES string of the molecule is O=C(Nc1nc(-c2cccc(Br)c2)cs1)c1ccc(=O)[nH]n1. The van der Waals surface area contributed by atoms with Gasteiger partial charge in [0.25, 0.3) is 11.5 Å². The number of carbonyl (C=O) groups is 1. The molecule has 0 saturated carbocycles. The van der Waals surface area contributed by atoms with Gasteiger partial charge in [-0.05, 0) is 18.2 Å². The van der Waals surface area contributed by atoms with Crippen molar-refractivity contribution in [2.45, 2.75) is 0 Å². The number of halogens is 1. The quantitative estimate of drug-likeness (QED) is 0.735. The summed E-state index contributed by atoms with van der Waals surface area (Å²) >= 11 is 4.73. The third-order valence-electron chi connectivity index (χ3n) is 2.76. The minimum absolute atomic E-state index is 0.124. The average molecular weight is 377 g/mol. The van der Waals surface area contributed by atoms with Crippen LogP contribution in [0.3, 0.4) is 0 Å². The highest BCUT2D eigenvalue weighted by atomic mass is 79.9. The number of hydrogen-bond acceptors (Lipinski definition) is 5. The Morgan fingerprint density at radius 3 is 2.86 bits per heavy atom. The molecule has 0 bridgehead atoms. The van der Waals surface area contributed by atoms with Gasteiger partial charge in [-0.2, -0.15) is 5.10 Å². The van der Waals surface area contributed by atoms with Gasteiger partial charge in [0.15, 0.2) is 5.13 Å². The van der Waals surface area contributed by atoms with E-state index in [9.17, 15) is 9.59 Å². The van der Waals surface area contributed by atoms with Gasteiger partial charge in [-0.1, -0.05) is 28.1 Å². The van der Waals surface area contributed by atoms with Crippen LogP contribution in [0.15, 0.2) is 51.0 Å². The van der Waals surface area contributed by atoms with Gasteiger partial charge in [-0.25, -0.2) is 10.1 Å². The molecular weight excluding hydrogens is 368 g/mol. The summed E-state index contributed by atoms with van der Waals surface area (Å²) in [6, 6.07) is 10.3. The van der Waals surface area contributed by atoms with Gasteiger partial charge in [0.2, 0.25) is 0 Å². The van der Waals surface area contributed by atoms with Gasteiger partial charge in [0, 0.05) is 21.5 Å². The lowest BCUT2D eigenvalue weighted by molar-refractivity contribution is 0.102. The second-order valence-electron chi connectivity index (χ2n) is 4.31. The monoisotopic (exact) mass is 376 g/mol. The molecule has 1 aromatic carbocycles. The van der Waals surface area contributed by atoms with Crippen molar-refractivity contribution in [3.05, 3.63) is 62.3 Å². The molecule has 0 aliphatic carbocycles. The Bertz CT molecular complexity index is 870. The van der Waals surface area contributed by atoms with E-state index in [0.29, 0.717) is 5.13 Å². The van der Waals surface area contributed by atoms with Gasteiger partial charge < -0.3 is 0 Å². The maximum atomic E-state index is 12.0. The number of carbonyl (C=O) groups excluding carboxylic acids is 1. The predicted molar refractivity (Wildman–Crippen MR) is 88.1 cm³/mol. The zero-order chi connectivity index (χ0) is 15.5. The third kappa shape index (κ3) is 3.29. The number of nitrogens with one attached hydrogen (secondary N) is 2. The Morgan fingerprint density at radius 1 is 1.27 bits per heavy atom. The van der Waals surface area contributed by atoms with E-state index in [0.717, 1.165) is 15.7 Å². The van der Waals surface area contributed by atoms with Gasteiger partial charge in [-0.3, -0.25) is 14.9 Å². The van der Waals surface area contributed by atoms with Crippen LogP contribution in [0.5, 0.6) is 0 Å². The lowest BCUT2D eigenvalue weighted by atomic mass is 10.2. The van der Waals surface area contributed by atoms with Crippen molar-refractivity contribution >= 4 is 38.3 Å². The first-order chi connectivity index (χ1) is 10.6. The number of anilines is 1. The first-order valence-corrected chi connectivity index (χ1v) is 7.87. The molecule has 0 atom stereocenters. The molecular formula is C14H9BrN4O2S. The number of thiazole rings is 1. The normalized spacial score (nSPS) is 10.4. The summed E-state index contributed by atoms with van der Waals surface area (Å²) in [4.78, 5) is 27.3. The van der Waals surface area contributed by atoms with E-state index in [1.807, 2.05) is 29.6 Å². The molecule has 0 unspecified atom stereocenters. The number of amides is 1. The van der Waals surface area contributed by atoms with Crippen LogP contribution >= 0.6 is 27.3 Å². The van der Waals surface area contributed by atoms with E-state index >= 15 is 0 Å². The van der Waals surface area contributed by atoms with Gasteiger partial charge >= 0.3 is 0 Å². The maximum absolute atomic E-state index is 12.0. The smallest absolute Gasteiger partial charge is 0.277 e. The molecule has 0 saturated heterocycles. The first-order valence-electron chi connectivity index (χ1n) is 6.20. The zero-order valence-corrected chi connectivity index (χ0v) is 13.4. The highest BCUT2D eigenvalue weighted by Crippen LogP contribution is 2.26. The molecule has 0 spiro atoms. The molecule has 0 fully saturated rings. The number of H-pyrrole nitrogens is 1. The highest BCUT2D eigenvalue weighted by Gasteiger charge is 2.11. The van der Waals surface area contributed by atoms with Crippen LogP contribution in [0, 0.1) is 0 Å². The fourth-order valence-electron chi connectivity index (χ4n) is 1.74. The minimum atomic E-state index is -0.425. The Balaban J connectivity index is 1.78. The van der Waals surface area contributed by atoms with Crippen LogP contribution in [0.25, 0.3) is 11.3 Å². The van der Waals surface area contributed by atoms with Crippen LogP contribution < -0.4 is 10.9 Å². The first kappa shape index (κ1) is 14.6. The van der Waals surface area contributed by atoms with Crippen LogP contribution in [0.1, 0.15) is 10.5 Å². The molecule has 2 N–H and O–H groups in total. The lowest BCUT2D eigenvalue weighted by Gasteiger charge is -2.00. The number of aromatic amines is 1. The Morgan fingerprint density at radius 2 is 2.14 bits per heavy atom. The summed E-state index contributed by atoms with van der Waals surface area (Å²) in [5.74, 6) is -0.425. The molecule has 8 heteroatoms. The lowest BCUT2D eigenvalue weighted by Crippen LogP contribution is -2.17. The van der Waals surface area contributed by atoms with Crippen molar-refractivity contribution in [3.63, 3.8) is 0 Å². The molecule has 3 aromatic rings. The van der Waals surface area contributed by atoms with Crippen LogP contribution in [-0.4, -0.2) is 21.1 Å². The molecule has 2 heterocycles. The van der Waals surface area contributed by atoms with Crippen LogP contribution in [-0.2, 0) is 0 Å². The zero-order valence-electron chi connectivity index (χ0n) is 11.0. The number of hydrogen-bond donors (Lipinski definition) is 2. The van der Waals surface area contributed by atoms with Gasteiger partial charge in [-0.15, -0.1) is 11.3 Å². The number of benzene rings is 1. The second-order valence-corrected chi connectivity index (χ2v) is 6.08. The molecule has 1 amide bonds. The van der Waals surface area contributed by atoms with Crippen LogP contribution in [0.2, 0.25) is 0 Å². The fourth-order valence-corrected chi connectivity index (χ4v) is 2.86. The number of aromatic nitrogens is 3. The summed E-state index contributed by atoms with van der Waals surface area (Å²) in [7, 11) is 0. The van der Waals surface area contributed by atoms with Crippen molar-refractivity contribution in [2.75, 3.05) is 5.32 Å². The van der Waals surface area contributed by atoms with E-state index in [2.05, 4.69) is 36.4 Å². The van der Waals surface area contributed by atoms with Gasteiger partial charge in [0.05, 0.1) is 5.69 Å². The van der Waals surface area contributed by atoms with E-state index in [4.69, 9.17) is 0 Å². The summed E-state index contributed by atoms with van der Waals surface area (Å²) in [5, 5.41) is 10.9. The molecule has 0 aliphatic heterocycles. The second kappa shape index (κ2) is 6.20. The average Bonchev–Trinajstić information content (AvgIpc) is 2.96. The molecule has 2 aromatic heterocycles. The van der Waals surface area contributed by atoms with E-state index < -0.39 is 5.91 Å². The summed E-state index contributed by atoms with van der Waals surface area (Å²) in [6.45, 7) is 0. The Hall–Kier alpha value is -2.32. The standard InChI is InChI=1S/C14H9BrN4O2S/c15-9-3-1-2-8(6-9)11-7-22-14(16-11)17-13(21)10-4-5-12(20)19-18-10/h1-7H,(H,19,20)(H,16,17,21). The Kier molecular flexibility index (Phi) is 4.12. The molecule has 3 rings (SSSR count). The van der Waals surface area contributed by atoms with E-state index in [-0.39, 0.29) is 11.3 Å². The maximum Gasteiger partial charge on any atom is 0.277 e. The molecule has 6 nitrogen and oxygen atoms in total. The van der Waals surface area contributed by atoms with Gasteiger partial charge in [0.1, 0.15) is 5.69 Å².